The number of aromatic nitrogens is 2. The van der Waals surface area contributed by atoms with E-state index in [-0.39, 0.29) is 5.91 Å². The topological polar surface area (TPSA) is 86.3 Å². The largest absolute Gasteiger partial charge is 0.481 e. The first kappa shape index (κ1) is 16.5. The van der Waals surface area contributed by atoms with Crippen molar-refractivity contribution in [2.45, 2.75) is 51.9 Å². The van der Waals surface area contributed by atoms with Gasteiger partial charge in [-0.25, -0.2) is 0 Å². The predicted octanol–water partition coefficient (Wildman–Crippen LogP) is 2.23. The van der Waals surface area contributed by atoms with E-state index in [4.69, 9.17) is 0 Å². The molecule has 1 aromatic rings. The van der Waals surface area contributed by atoms with E-state index in [9.17, 15) is 14.7 Å². The maximum absolute atomic E-state index is 12.4. The highest BCUT2D eigenvalue weighted by molar-refractivity contribution is 5.79. The van der Waals surface area contributed by atoms with Crippen molar-refractivity contribution in [3.05, 3.63) is 18.0 Å². The molecule has 0 bridgehead atoms. The molecule has 0 aliphatic carbocycles. The third-order valence-corrected chi connectivity index (χ3v) is 4.52. The molecule has 122 valence electrons. The first-order valence-electron chi connectivity index (χ1n) is 8.06. The number of amides is 1. The number of piperidine rings is 1. The van der Waals surface area contributed by atoms with Crippen LogP contribution in [-0.2, 0) is 16.0 Å². The number of carboxylic acid groups (broad SMARTS) is 1. The van der Waals surface area contributed by atoms with E-state index in [0.29, 0.717) is 32.4 Å². The average molecular weight is 307 g/mol. The molecule has 1 aliphatic rings. The smallest absolute Gasteiger partial charge is 0.311 e. The molecule has 22 heavy (non-hydrogen) atoms. The van der Waals surface area contributed by atoms with Crippen LogP contribution in [0.15, 0.2) is 12.4 Å². The molecule has 6 nitrogen and oxygen atoms in total. The molecule has 1 atom stereocenters. The minimum absolute atomic E-state index is 0.0740. The highest BCUT2D eigenvalue weighted by Gasteiger charge is 2.42. The molecule has 1 aliphatic heterocycles. The Balaban J connectivity index is 1.87. The molecule has 1 fully saturated rings. The van der Waals surface area contributed by atoms with E-state index in [0.717, 1.165) is 31.2 Å². The molecule has 0 aromatic carbocycles. The number of H-pyrrole nitrogens is 1. The Labute approximate surface area is 130 Å². The summed E-state index contributed by atoms with van der Waals surface area (Å²) in [5, 5.41) is 16.2. The van der Waals surface area contributed by atoms with Crippen LogP contribution in [0.2, 0.25) is 0 Å². The van der Waals surface area contributed by atoms with Gasteiger partial charge in [0.1, 0.15) is 0 Å². The van der Waals surface area contributed by atoms with E-state index in [1.807, 2.05) is 13.1 Å². The molecule has 0 saturated carbocycles. The summed E-state index contributed by atoms with van der Waals surface area (Å²) in [6.45, 7) is 3.04. The van der Waals surface area contributed by atoms with Crippen molar-refractivity contribution in [2.75, 3.05) is 13.1 Å². The van der Waals surface area contributed by atoms with Crippen molar-refractivity contribution in [3.63, 3.8) is 0 Å². The summed E-state index contributed by atoms with van der Waals surface area (Å²) in [6.07, 6.45) is 8.57. The van der Waals surface area contributed by atoms with Crippen LogP contribution in [0.5, 0.6) is 0 Å². The first-order chi connectivity index (χ1) is 10.6. The monoisotopic (exact) mass is 307 g/mol. The van der Waals surface area contributed by atoms with Gasteiger partial charge in [0.05, 0.1) is 11.6 Å². The third-order valence-electron chi connectivity index (χ3n) is 4.52. The van der Waals surface area contributed by atoms with E-state index >= 15 is 0 Å². The van der Waals surface area contributed by atoms with Gasteiger partial charge in [0, 0.05) is 25.7 Å². The van der Waals surface area contributed by atoms with E-state index in [1.54, 1.807) is 11.1 Å². The van der Waals surface area contributed by atoms with Crippen molar-refractivity contribution in [1.82, 2.24) is 15.1 Å². The SMILES string of the molecule is CCC[C@@]1(C(=O)O)CCCN(C(=O)CCCc2cn[nH]c2)C1. The maximum Gasteiger partial charge on any atom is 0.311 e. The fraction of sp³-hybridized carbons (Fsp3) is 0.688. The lowest BCUT2D eigenvalue weighted by Gasteiger charge is -2.40. The fourth-order valence-electron chi connectivity index (χ4n) is 3.32. The van der Waals surface area contributed by atoms with Gasteiger partial charge in [0.2, 0.25) is 5.91 Å². The van der Waals surface area contributed by atoms with Crippen molar-refractivity contribution in [3.8, 4) is 0 Å². The Morgan fingerprint density at radius 1 is 1.50 bits per heavy atom. The van der Waals surface area contributed by atoms with Crippen LogP contribution in [0, 0.1) is 5.41 Å². The quantitative estimate of drug-likeness (QED) is 0.808. The van der Waals surface area contributed by atoms with Gasteiger partial charge in [-0.1, -0.05) is 13.3 Å². The Morgan fingerprint density at radius 2 is 2.32 bits per heavy atom. The van der Waals surface area contributed by atoms with Gasteiger partial charge in [-0.15, -0.1) is 0 Å². The molecule has 1 aromatic heterocycles. The summed E-state index contributed by atoms with van der Waals surface area (Å²) in [5.41, 5.74) is 0.352. The van der Waals surface area contributed by atoms with Gasteiger partial charge in [-0.3, -0.25) is 14.7 Å². The summed E-state index contributed by atoms with van der Waals surface area (Å²) >= 11 is 0. The second-order valence-corrected chi connectivity index (χ2v) is 6.21. The lowest BCUT2D eigenvalue weighted by Crippen LogP contribution is -2.49. The number of likely N-dealkylation sites (tertiary alicyclic amines) is 1. The summed E-state index contributed by atoms with van der Waals surface area (Å²) < 4.78 is 0. The maximum atomic E-state index is 12.4. The van der Waals surface area contributed by atoms with E-state index < -0.39 is 11.4 Å². The molecule has 6 heteroatoms. The zero-order valence-corrected chi connectivity index (χ0v) is 13.2. The normalized spacial score (nSPS) is 21.8. The highest BCUT2D eigenvalue weighted by atomic mass is 16.4. The molecular weight excluding hydrogens is 282 g/mol. The Kier molecular flexibility index (Phi) is 5.57. The zero-order valence-electron chi connectivity index (χ0n) is 13.2. The van der Waals surface area contributed by atoms with Gasteiger partial charge in [0.15, 0.2) is 0 Å². The van der Waals surface area contributed by atoms with Gasteiger partial charge < -0.3 is 10.0 Å². The molecule has 0 radical (unpaired) electrons. The second-order valence-electron chi connectivity index (χ2n) is 6.21. The molecule has 0 spiro atoms. The Bertz CT molecular complexity index is 497. The van der Waals surface area contributed by atoms with E-state index in [2.05, 4.69) is 10.2 Å². The van der Waals surface area contributed by atoms with Crippen LogP contribution in [0.1, 0.15) is 51.0 Å². The van der Waals surface area contributed by atoms with Gasteiger partial charge in [-0.2, -0.15) is 5.10 Å². The first-order valence-corrected chi connectivity index (χ1v) is 8.06. The van der Waals surface area contributed by atoms with Crippen LogP contribution in [-0.4, -0.2) is 45.2 Å². The number of carboxylic acids is 1. The number of carbonyl (C=O) groups is 2. The van der Waals surface area contributed by atoms with Crippen molar-refractivity contribution < 1.29 is 14.7 Å². The van der Waals surface area contributed by atoms with Crippen molar-refractivity contribution in [1.29, 1.82) is 0 Å². The zero-order chi connectivity index (χ0) is 16.0. The van der Waals surface area contributed by atoms with Gasteiger partial charge in [0.25, 0.3) is 0 Å². The Hall–Kier alpha value is -1.85. The Morgan fingerprint density at radius 3 is 2.95 bits per heavy atom. The molecule has 2 N–H and O–H groups in total. The minimum atomic E-state index is -0.759. The van der Waals surface area contributed by atoms with Crippen LogP contribution in [0.4, 0.5) is 0 Å². The second kappa shape index (κ2) is 7.42. The van der Waals surface area contributed by atoms with Crippen LogP contribution >= 0.6 is 0 Å². The van der Waals surface area contributed by atoms with Crippen LogP contribution in [0.25, 0.3) is 0 Å². The molecule has 1 saturated heterocycles. The summed E-state index contributed by atoms with van der Waals surface area (Å²) in [5.74, 6) is -0.685. The summed E-state index contributed by atoms with van der Waals surface area (Å²) in [6, 6.07) is 0. The summed E-state index contributed by atoms with van der Waals surface area (Å²) in [4.78, 5) is 25.8. The number of nitrogens with one attached hydrogen (secondary N) is 1. The number of nitrogens with zero attached hydrogens (tertiary/aromatic N) is 2. The standard InChI is InChI=1S/C16H25N3O3/c1-2-7-16(15(21)22)8-4-9-19(12-16)14(20)6-3-5-13-10-17-18-11-13/h10-11H,2-9,12H2,1H3,(H,17,18)(H,21,22)/t16-/m1/s1. The molecule has 1 amide bonds. The number of rotatable bonds is 7. The number of carbonyl (C=O) groups excluding carboxylic acids is 1. The summed E-state index contributed by atoms with van der Waals surface area (Å²) in [7, 11) is 0. The lowest BCUT2D eigenvalue weighted by molar-refractivity contribution is -0.155. The molecule has 2 rings (SSSR count). The third kappa shape index (κ3) is 3.87. The van der Waals surface area contributed by atoms with Gasteiger partial charge in [-0.05, 0) is 37.7 Å². The average Bonchev–Trinajstić information content (AvgIpc) is 3.01. The van der Waals surface area contributed by atoms with Gasteiger partial charge >= 0.3 is 5.97 Å². The number of hydrogen-bond acceptors (Lipinski definition) is 3. The molecule has 0 unspecified atom stereocenters. The van der Waals surface area contributed by atoms with Crippen LogP contribution < -0.4 is 0 Å². The molecule has 2 heterocycles. The minimum Gasteiger partial charge on any atom is -0.481 e. The number of aliphatic carboxylic acids is 1. The highest BCUT2D eigenvalue weighted by Crippen LogP contribution is 2.35. The number of aromatic amines is 1. The van der Waals surface area contributed by atoms with E-state index in [1.165, 1.54) is 0 Å². The molecular formula is C16H25N3O3. The fourth-order valence-corrected chi connectivity index (χ4v) is 3.32. The van der Waals surface area contributed by atoms with Crippen LogP contribution in [0.3, 0.4) is 0 Å². The predicted molar refractivity (Wildman–Crippen MR) is 82.3 cm³/mol. The van der Waals surface area contributed by atoms with Crippen molar-refractivity contribution in [2.24, 2.45) is 5.41 Å². The number of aryl methyl sites for hydroxylation is 1. The van der Waals surface area contributed by atoms with Crippen molar-refractivity contribution >= 4 is 11.9 Å². The number of hydrogen-bond donors (Lipinski definition) is 2. The lowest BCUT2D eigenvalue weighted by atomic mass is 9.76.